The van der Waals surface area contributed by atoms with Crippen molar-refractivity contribution in [1.82, 2.24) is 4.98 Å². The third-order valence-corrected chi connectivity index (χ3v) is 2.92. The molecule has 0 amide bonds. The van der Waals surface area contributed by atoms with Crippen LogP contribution in [0.25, 0.3) is 10.9 Å². The number of nitrogens with zero attached hydrogens (tertiary/aromatic N) is 2. The number of hydrogen-bond donors (Lipinski definition) is 0. The first-order valence-electron chi connectivity index (χ1n) is 5.79. The maximum absolute atomic E-state index is 10.8. The number of hydrogen-bond acceptors (Lipinski definition) is 4. The smallest absolute Gasteiger partial charge is 0.310 e. The molecular weight excluding hydrogens is 244 g/mol. The van der Waals surface area contributed by atoms with Crippen molar-refractivity contribution in [2.75, 3.05) is 0 Å². The molecule has 5 nitrogen and oxygen atoms in total. The topological polar surface area (TPSA) is 69.2 Å². The summed E-state index contributed by atoms with van der Waals surface area (Å²) in [5.41, 5.74) is 1.61. The highest BCUT2D eigenvalue weighted by atomic mass is 16.6. The Labute approximate surface area is 108 Å². The zero-order valence-corrected chi connectivity index (χ0v) is 9.95. The van der Waals surface area contributed by atoms with Crippen LogP contribution in [0.4, 0.5) is 5.69 Å². The highest BCUT2D eigenvalue weighted by Gasteiger charge is 2.17. The maximum atomic E-state index is 10.8. The van der Waals surface area contributed by atoms with Crippen molar-refractivity contribution < 1.29 is 9.34 Å². The van der Waals surface area contributed by atoms with Crippen LogP contribution in [0.3, 0.4) is 0 Å². The lowest BCUT2D eigenvalue weighted by atomic mass is 10.1. The van der Waals surface area contributed by atoms with Gasteiger partial charge in [0.05, 0.1) is 29.2 Å². The van der Waals surface area contributed by atoms with Gasteiger partial charge in [0, 0.05) is 11.1 Å². The van der Waals surface area contributed by atoms with Crippen LogP contribution in [0, 0.1) is 10.1 Å². The number of aromatic nitrogens is 1. The Balaban J connectivity index is 1.97. The average Bonchev–Trinajstić information content (AvgIpc) is 2.87. The first-order chi connectivity index (χ1) is 9.24. The van der Waals surface area contributed by atoms with Crippen LogP contribution >= 0.6 is 0 Å². The highest BCUT2D eigenvalue weighted by Crippen LogP contribution is 2.22. The van der Waals surface area contributed by atoms with Gasteiger partial charge in [-0.05, 0) is 12.1 Å². The molecule has 0 aliphatic rings. The molecule has 0 fully saturated rings. The van der Waals surface area contributed by atoms with E-state index < -0.39 is 4.92 Å². The molecule has 19 heavy (non-hydrogen) atoms. The van der Waals surface area contributed by atoms with E-state index in [4.69, 9.17) is 4.42 Å². The van der Waals surface area contributed by atoms with Crippen molar-refractivity contribution in [1.29, 1.82) is 0 Å². The maximum Gasteiger partial charge on any atom is 0.310 e. The minimum absolute atomic E-state index is 0.00467. The van der Waals surface area contributed by atoms with Gasteiger partial charge in [-0.2, -0.15) is 0 Å². The Bertz CT molecular complexity index is 749. The standard InChI is InChI=1S/C14H10N2O3/c17-16(18)13-7-8-19-14(13)9-11-6-5-10-3-1-2-4-12(10)15-11/h1-8H,9H2. The SMILES string of the molecule is O=[N+]([O-])c1ccoc1Cc1ccc2ccccc2n1. The van der Waals surface area contributed by atoms with Crippen molar-refractivity contribution in [2.45, 2.75) is 6.42 Å². The largest absolute Gasteiger partial charge is 0.461 e. The fourth-order valence-electron chi connectivity index (χ4n) is 2.00. The number of furan rings is 1. The summed E-state index contributed by atoms with van der Waals surface area (Å²) in [6.07, 6.45) is 1.64. The monoisotopic (exact) mass is 254 g/mol. The van der Waals surface area contributed by atoms with E-state index in [1.807, 2.05) is 36.4 Å². The zero-order valence-electron chi connectivity index (χ0n) is 9.95. The normalized spacial score (nSPS) is 10.7. The predicted octanol–water partition coefficient (Wildman–Crippen LogP) is 3.33. The Morgan fingerprint density at radius 3 is 2.84 bits per heavy atom. The predicted molar refractivity (Wildman–Crippen MR) is 69.9 cm³/mol. The molecule has 3 rings (SSSR count). The molecule has 0 aliphatic carbocycles. The molecule has 0 saturated heterocycles. The van der Waals surface area contributed by atoms with Crippen molar-refractivity contribution in [3.05, 3.63) is 70.3 Å². The van der Waals surface area contributed by atoms with E-state index in [1.54, 1.807) is 0 Å². The number of benzene rings is 1. The quantitative estimate of drug-likeness (QED) is 0.531. The van der Waals surface area contributed by atoms with E-state index in [0.29, 0.717) is 12.2 Å². The summed E-state index contributed by atoms with van der Waals surface area (Å²) in [6, 6.07) is 12.9. The molecule has 0 N–H and O–H groups in total. The molecule has 2 heterocycles. The number of pyridine rings is 1. The van der Waals surface area contributed by atoms with Gasteiger partial charge in [0.2, 0.25) is 0 Å². The van der Waals surface area contributed by atoms with Gasteiger partial charge in [0.25, 0.3) is 0 Å². The summed E-state index contributed by atoms with van der Waals surface area (Å²) in [4.78, 5) is 14.8. The second-order valence-corrected chi connectivity index (χ2v) is 4.16. The van der Waals surface area contributed by atoms with E-state index in [-0.39, 0.29) is 5.69 Å². The van der Waals surface area contributed by atoms with Crippen LogP contribution in [-0.2, 0) is 6.42 Å². The second kappa shape index (κ2) is 4.53. The lowest BCUT2D eigenvalue weighted by molar-refractivity contribution is -0.386. The van der Waals surface area contributed by atoms with E-state index >= 15 is 0 Å². The molecular formula is C14H10N2O3. The van der Waals surface area contributed by atoms with Crippen LogP contribution in [0.5, 0.6) is 0 Å². The summed E-state index contributed by atoms with van der Waals surface area (Å²) >= 11 is 0. The summed E-state index contributed by atoms with van der Waals surface area (Å²) < 4.78 is 5.16. The fraction of sp³-hybridized carbons (Fsp3) is 0.0714. The van der Waals surface area contributed by atoms with E-state index in [9.17, 15) is 10.1 Å². The molecule has 2 aromatic heterocycles. The summed E-state index contributed by atoms with van der Waals surface area (Å²) in [7, 11) is 0. The summed E-state index contributed by atoms with van der Waals surface area (Å²) in [6.45, 7) is 0. The molecule has 0 aliphatic heterocycles. The number of fused-ring (bicyclic) bond motifs is 1. The Hall–Kier alpha value is -2.69. The first-order valence-corrected chi connectivity index (χ1v) is 5.79. The molecule has 0 unspecified atom stereocenters. The van der Waals surface area contributed by atoms with Crippen molar-refractivity contribution >= 4 is 16.6 Å². The van der Waals surface area contributed by atoms with Gasteiger partial charge in [-0.1, -0.05) is 24.3 Å². The molecule has 0 saturated carbocycles. The zero-order chi connectivity index (χ0) is 13.2. The Morgan fingerprint density at radius 1 is 1.16 bits per heavy atom. The fourth-order valence-corrected chi connectivity index (χ4v) is 2.00. The average molecular weight is 254 g/mol. The minimum atomic E-state index is -0.445. The van der Waals surface area contributed by atoms with Gasteiger partial charge in [0.1, 0.15) is 0 Å². The minimum Gasteiger partial charge on any atom is -0.461 e. The third-order valence-electron chi connectivity index (χ3n) is 2.92. The van der Waals surface area contributed by atoms with Crippen LogP contribution in [-0.4, -0.2) is 9.91 Å². The van der Waals surface area contributed by atoms with Crippen LogP contribution in [0.2, 0.25) is 0 Å². The molecule has 3 aromatic rings. The van der Waals surface area contributed by atoms with Gasteiger partial charge in [-0.3, -0.25) is 15.1 Å². The van der Waals surface area contributed by atoms with Crippen molar-refractivity contribution in [3.8, 4) is 0 Å². The third kappa shape index (κ3) is 2.18. The summed E-state index contributed by atoms with van der Waals surface area (Å²) in [5, 5.41) is 11.9. The molecule has 0 bridgehead atoms. The number of rotatable bonds is 3. The number of para-hydroxylation sites is 1. The van der Waals surface area contributed by atoms with E-state index in [1.165, 1.54) is 12.3 Å². The lowest BCUT2D eigenvalue weighted by Crippen LogP contribution is -1.95. The second-order valence-electron chi connectivity index (χ2n) is 4.16. The molecule has 5 heteroatoms. The van der Waals surface area contributed by atoms with E-state index in [2.05, 4.69) is 4.98 Å². The molecule has 0 radical (unpaired) electrons. The highest BCUT2D eigenvalue weighted by molar-refractivity contribution is 5.78. The Kier molecular flexibility index (Phi) is 2.72. The molecule has 0 atom stereocenters. The van der Waals surface area contributed by atoms with Gasteiger partial charge in [0.15, 0.2) is 5.76 Å². The summed E-state index contributed by atoms with van der Waals surface area (Å²) in [5.74, 6) is 0.327. The van der Waals surface area contributed by atoms with Crippen LogP contribution < -0.4 is 0 Å². The van der Waals surface area contributed by atoms with Gasteiger partial charge < -0.3 is 4.42 Å². The first kappa shape index (κ1) is 11.4. The number of nitro groups is 1. The van der Waals surface area contributed by atoms with Crippen LogP contribution in [0.1, 0.15) is 11.5 Å². The van der Waals surface area contributed by atoms with Crippen LogP contribution in [0.15, 0.2) is 53.1 Å². The van der Waals surface area contributed by atoms with Crippen molar-refractivity contribution in [3.63, 3.8) is 0 Å². The lowest BCUT2D eigenvalue weighted by Gasteiger charge is -2.01. The van der Waals surface area contributed by atoms with Gasteiger partial charge in [-0.25, -0.2) is 0 Å². The van der Waals surface area contributed by atoms with Gasteiger partial charge in [-0.15, -0.1) is 0 Å². The Morgan fingerprint density at radius 2 is 2.00 bits per heavy atom. The molecule has 0 spiro atoms. The molecule has 94 valence electrons. The molecule has 1 aromatic carbocycles. The van der Waals surface area contributed by atoms with Gasteiger partial charge >= 0.3 is 5.69 Å². The van der Waals surface area contributed by atoms with E-state index in [0.717, 1.165) is 16.6 Å². The van der Waals surface area contributed by atoms with Crippen molar-refractivity contribution in [2.24, 2.45) is 0 Å².